The summed E-state index contributed by atoms with van der Waals surface area (Å²) in [4.78, 5) is 14.3. The Morgan fingerprint density at radius 3 is 2.62 bits per heavy atom. The molecular weight excluding hydrogens is 322 g/mol. The average molecular weight is 347 g/mol. The van der Waals surface area contributed by atoms with Crippen molar-refractivity contribution in [1.29, 1.82) is 0 Å². The topological polar surface area (TPSA) is 38.1 Å². The van der Waals surface area contributed by atoms with Crippen LogP contribution in [-0.2, 0) is 17.8 Å². The maximum atomic E-state index is 12.5. The van der Waals surface area contributed by atoms with E-state index in [0.717, 1.165) is 11.3 Å². The molecule has 0 atom stereocenters. The van der Waals surface area contributed by atoms with Gasteiger partial charge in [0.05, 0.1) is 11.9 Å². The predicted molar refractivity (Wildman–Crippen MR) is 104 cm³/mol. The van der Waals surface area contributed by atoms with Gasteiger partial charge in [0.2, 0.25) is 5.91 Å². The molecule has 134 valence electrons. The molecule has 1 amide bonds. The lowest BCUT2D eigenvalue weighted by Gasteiger charge is -2.18. The van der Waals surface area contributed by atoms with Crippen LogP contribution in [0.3, 0.4) is 0 Å². The van der Waals surface area contributed by atoms with Crippen LogP contribution in [0.4, 0.5) is 0 Å². The van der Waals surface area contributed by atoms with Gasteiger partial charge in [-0.25, -0.2) is 4.68 Å². The third kappa shape index (κ3) is 4.39. The van der Waals surface area contributed by atoms with Crippen LogP contribution < -0.4 is 0 Å². The van der Waals surface area contributed by atoms with E-state index in [9.17, 15) is 4.79 Å². The third-order valence-electron chi connectivity index (χ3n) is 4.62. The van der Waals surface area contributed by atoms with E-state index in [1.54, 1.807) is 4.90 Å². The summed E-state index contributed by atoms with van der Waals surface area (Å²) in [7, 11) is 1.87. The number of hydrogen-bond donors (Lipinski definition) is 0. The first-order chi connectivity index (χ1) is 12.5. The van der Waals surface area contributed by atoms with Crippen molar-refractivity contribution in [2.75, 3.05) is 7.05 Å². The van der Waals surface area contributed by atoms with Crippen molar-refractivity contribution in [3.8, 4) is 5.69 Å². The van der Waals surface area contributed by atoms with Crippen LogP contribution in [0.25, 0.3) is 5.69 Å². The molecule has 2 aromatic carbocycles. The number of hydrogen-bond acceptors (Lipinski definition) is 2. The molecule has 1 aromatic heterocycles. The molecule has 0 aliphatic rings. The summed E-state index contributed by atoms with van der Waals surface area (Å²) < 4.78 is 1.85. The second-order valence-electron chi connectivity index (χ2n) is 6.81. The minimum atomic E-state index is 0.150. The number of carbonyl (C=O) groups excluding carboxylic acids is 1. The summed E-state index contributed by atoms with van der Waals surface area (Å²) in [5.74, 6) is 0.150. The standard InChI is InChI=1S/C22H25N3O/c1-17-9-11-20(18(2)13-17)16-24(3)22(26)12-10-19-14-23-25(15-19)21-7-5-4-6-8-21/h4-9,11,13-15H,10,12,16H2,1-3H3. The fourth-order valence-electron chi connectivity index (χ4n) is 3.02. The van der Waals surface area contributed by atoms with Crippen LogP contribution in [0.2, 0.25) is 0 Å². The van der Waals surface area contributed by atoms with E-state index in [1.165, 1.54) is 16.7 Å². The van der Waals surface area contributed by atoms with Crippen molar-refractivity contribution in [3.05, 3.63) is 83.2 Å². The van der Waals surface area contributed by atoms with E-state index in [-0.39, 0.29) is 5.91 Å². The molecule has 4 heteroatoms. The highest BCUT2D eigenvalue weighted by atomic mass is 16.2. The van der Waals surface area contributed by atoms with Gasteiger partial charge in [-0.05, 0) is 49.1 Å². The van der Waals surface area contributed by atoms with Crippen molar-refractivity contribution in [1.82, 2.24) is 14.7 Å². The second-order valence-corrected chi connectivity index (χ2v) is 6.81. The molecule has 0 aliphatic heterocycles. The molecule has 0 unspecified atom stereocenters. The van der Waals surface area contributed by atoms with E-state index < -0.39 is 0 Å². The quantitative estimate of drug-likeness (QED) is 0.674. The molecule has 3 aromatic rings. The van der Waals surface area contributed by atoms with Gasteiger partial charge in [0, 0.05) is 26.2 Å². The van der Waals surface area contributed by atoms with Crippen molar-refractivity contribution < 1.29 is 4.79 Å². The van der Waals surface area contributed by atoms with E-state index in [1.807, 2.05) is 54.5 Å². The molecule has 26 heavy (non-hydrogen) atoms. The number of para-hydroxylation sites is 1. The third-order valence-corrected chi connectivity index (χ3v) is 4.62. The normalized spacial score (nSPS) is 10.7. The lowest BCUT2D eigenvalue weighted by molar-refractivity contribution is -0.130. The van der Waals surface area contributed by atoms with Crippen molar-refractivity contribution in [3.63, 3.8) is 0 Å². The van der Waals surface area contributed by atoms with E-state index in [4.69, 9.17) is 0 Å². The van der Waals surface area contributed by atoms with Crippen LogP contribution in [0.5, 0.6) is 0 Å². The van der Waals surface area contributed by atoms with Crippen LogP contribution in [0.15, 0.2) is 60.9 Å². The summed E-state index contributed by atoms with van der Waals surface area (Å²) in [6.45, 7) is 4.83. The molecule has 1 heterocycles. The Kier molecular flexibility index (Phi) is 5.52. The molecule has 4 nitrogen and oxygen atoms in total. The lowest BCUT2D eigenvalue weighted by Crippen LogP contribution is -2.26. The largest absolute Gasteiger partial charge is 0.341 e. The van der Waals surface area contributed by atoms with E-state index in [0.29, 0.717) is 19.4 Å². The highest BCUT2D eigenvalue weighted by molar-refractivity contribution is 5.76. The van der Waals surface area contributed by atoms with Crippen molar-refractivity contribution in [2.45, 2.75) is 33.2 Å². The van der Waals surface area contributed by atoms with Gasteiger partial charge in [0.1, 0.15) is 0 Å². The number of aryl methyl sites for hydroxylation is 3. The summed E-state index contributed by atoms with van der Waals surface area (Å²) in [6, 6.07) is 16.4. The fraction of sp³-hybridized carbons (Fsp3) is 0.273. The molecule has 0 spiro atoms. The van der Waals surface area contributed by atoms with Gasteiger partial charge < -0.3 is 4.90 Å². The molecule has 0 bridgehead atoms. The SMILES string of the molecule is Cc1ccc(CN(C)C(=O)CCc2cnn(-c3ccccc3)c2)c(C)c1. The highest BCUT2D eigenvalue weighted by Gasteiger charge is 2.11. The summed E-state index contributed by atoms with van der Waals surface area (Å²) in [5, 5.41) is 4.39. The second kappa shape index (κ2) is 8.00. The Balaban J connectivity index is 1.56. The molecule has 0 aliphatic carbocycles. The minimum absolute atomic E-state index is 0.150. The van der Waals surface area contributed by atoms with Crippen molar-refractivity contribution >= 4 is 5.91 Å². The Hall–Kier alpha value is -2.88. The first-order valence-corrected chi connectivity index (χ1v) is 8.92. The zero-order valence-corrected chi connectivity index (χ0v) is 15.6. The Labute approximate surface area is 155 Å². The van der Waals surface area contributed by atoms with Gasteiger partial charge in [-0.3, -0.25) is 4.79 Å². The van der Waals surface area contributed by atoms with Crippen molar-refractivity contribution in [2.24, 2.45) is 0 Å². The summed E-state index contributed by atoms with van der Waals surface area (Å²) in [6.07, 6.45) is 5.02. The van der Waals surface area contributed by atoms with E-state index >= 15 is 0 Å². The first kappa shape index (κ1) is 17.9. The Morgan fingerprint density at radius 2 is 1.88 bits per heavy atom. The maximum Gasteiger partial charge on any atom is 0.222 e. The predicted octanol–water partition coefficient (Wildman–Crippen LogP) is 4.08. The van der Waals surface area contributed by atoms with E-state index in [2.05, 4.69) is 37.1 Å². The summed E-state index contributed by atoms with van der Waals surface area (Å²) in [5.41, 5.74) is 5.77. The van der Waals surface area contributed by atoms with Gasteiger partial charge in [0.15, 0.2) is 0 Å². The van der Waals surface area contributed by atoms with Crippen LogP contribution in [0.1, 0.15) is 28.7 Å². The number of amides is 1. The molecule has 0 saturated carbocycles. The van der Waals surface area contributed by atoms with Crippen LogP contribution in [-0.4, -0.2) is 27.6 Å². The maximum absolute atomic E-state index is 12.5. The van der Waals surface area contributed by atoms with Crippen LogP contribution >= 0.6 is 0 Å². The molecule has 0 fully saturated rings. The number of benzene rings is 2. The Bertz CT molecular complexity index is 883. The number of rotatable bonds is 6. The van der Waals surface area contributed by atoms with Gasteiger partial charge in [0.25, 0.3) is 0 Å². The highest BCUT2D eigenvalue weighted by Crippen LogP contribution is 2.14. The minimum Gasteiger partial charge on any atom is -0.341 e. The van der Waals surface area contributed by atoms with Gasteiger partial charge in [-0.1, -0.05) is 42.0 Å². The number of aromatic nitrogens is 2. The molecule has 3 rings (SSSR count). The smallest absolute Gasteiger partial charge is 0.222 e. The molecular formula is C22H25N3O. The lowest BCUT2D eigenvalue weighted by atomic mass is 10.1. The van der Waals surface area contributed by atoms with Gasteiger partial charge in [-0.2, -0.15) is 5.10 Å². The summed E-state index contributed by atoms with van der Waals surface area (Å²) >= 11 is 0. The fourth-order valence-corrected chi connectivity index (χ4v) is 3.02. The number of carbonyl (C=O) groups is 1. The monoisotopic (exact) mass is 347 g/mol. The zero-order valence-electron chi connectivity index (χ0n) is 15.6. The zero-order chi connectivity index (χ0) is 18.5. The molecule has 0 saturated heterocycles. The Morgan fingerprint density at radius 1 is 1.12 bits per heavy atom. The molecule has 0 radical (unpaired) electrons. The molecule has 0 N–H and O–H groups in total. The van der Waals surface area contributed by atoms with Gasteiger partial charge >= 0.3 is 0 Å². The first-order valence-electron chi connectivity index (χ1n) is 8.92. The van der Waals surface area contributed by atoms with Gasteiger partial charge in [-0.15, -0.1) is 0 Å². The van der Waals surface area contributed by atoms with Crippen LogP contribution in [0, 0.1) is 13.8 Å². The average Bonchev–Trinajstić information content (AvgIpc) is 3.11. The number of nitrogens with zero attached hydrogens (tertiary/aromatic N) is 3.